The summed E-state index contributed by atoms with van der Waals surface area (Å²) in [4.78, 5) is 12.6. The number of hydrogen-bond acceptors (Lipinski definition) is 3. The molecule has 0 aliphatic heterocycles. The van der Waals surface area contributed by atoms with E-state index in [-0.39, 0.29) is 16.7 Å². The molecule has 4 aliphatic rings. The van der Waals surface area contributed by atoms with E-state index >= 15 is 0 Å². The fourth-order valence-electron chi connectivity index (χ4n) is 5.91. The van der Waals surface area contributed by atoms with Gasteiger partial charge in [-0.2, -0.15) is 5.10 Å². The summed E-state index contributed by atoms with van der Waals surface area (Å²) in [6, 6.07) is 1.92. The van der Waals surface area contributed by atoms with Crippen LogP contribution in [0.1, 0.15) is 71.4 Å². The van der Waals surface area contributed by atoms with E-state index in [0.29, 0.717) is 24.1 Å². The summed E-state index contributed by atoms with van der Waals surface area (Å²) < 4.78 is 0. The van der Waals surface area contributed by atoms with Gasteiger partial charge in [-0.25, -0.2) is 0 Å². The molecule has 5 heteroatoms. The minimum Gasteiger partial charge on any atom is -0.390 e. The van der Waals surface area contributed by atoms with E-state index < -0.39 is 5.60 Å². The number of aromatic nitrogens is 2. The minimum atomic E-state index is -0.504. The molecule has 3 N–H and O–H groups in total. The average Bonchev–Trinajstić information content (AvgIpc) is 2.82. The molecule has 0 aromatic carbocycles. The quantitative estimate of drug-likeness (QED) is 0.794. The summed E-state index contributed by atoms with van der Waals surface area (Å²) in [6.45, 7) is 6.34. The molecule has 1 amide bonds. The van der Waals surface area contributed by atoms with Gasteiger partial charge >= 0.3 is 0 Å². The van der Waals surface area contributed by atoms with Crippen LogP contribution in [0.2, 0.25) is 0 Å². The highest BCUT2D eigenvalue weighted by atomic mass is 16.3. The molecule has 5 nitrogen and oxygen atoms in total. The Morgan fingerprint density at radius 2 is 2.00 bits per heavy atom. The first-order valence-electron chi connectivity index (χ1n) is 9.23. The number of rotatable bonds is 3. The summed E-state index contributed by atoms with van der Waals surface area (Å²) in [5.74, 6) is 1.87. The first-order chi connectivity index (χ1) is 11.1. The van der Waals surface area contributed by atoms with Gasteiger partial charge in [-0.05, 0) is 55.8 Å². The van der Waals surface area contributed by atoms with Crippen molar-refractivity contribution < 1.29 is 9.90 Å². The molecule has 2 unspecified atom stereocenters. The highest BCUT2D eigenvalue weighted by molar-refractivity contribution is 5.90. The molecule has 4 fully saturated rings. The predicted octanol–water partition coefficient (Wildman–Crippen LogP) is 3.37. The molecule has 1 aromatic rings. The van der Waals surface area contributed by atoms with E-state index in [1.807, 2.05) is 6.07 Å². The largest absolute Gasteiger partial charge is 0.390 e. The van der Waals surface area contributed by atoms with Gasteiger partial charge in [-0.15, -0.1) is 0 Å². The Morgan fingerprint density at radius 3 is 2.54 bits per heavy atom. The Labute approximate surface area is 143 Å². The smallest absolute Gasteiger partial charge is 0.226 e. The number of carbonyl (C=O) groups is 1. The summed E-state index contributed by atoms with van der Waals surface area (Å²) in [5, 5.41) is 21.0. The van der Waals surface area contributed by atoms with Gasteiger partial charge in [0.15, 0.2) is 5.82 Å². The van der Waals surface area contributed by atoms with Crippen molar-refractivity contribution in [3.05, 3.63) is 11.8 Å². The fraction of sp³-hybridized carbons (Fsp3) is 0.789. The van der Waals surface area contributed by atoms with Gasteiger partial charge in [-0.3, -0.25) is 9.89 Å². The lowest BCUT2D eigenvalue weighted by Gasteiger charge is -2.60. The van der Waals surface area contributed by atoms with E-state index in [1.54, 1.807) is 0 Å². The zero-order valence-electron chi connectivity index (χ0n) is 15.0. The predicted molar refractivity (Wildman–Crippen MR) is 92.6 cm³/mol. The first-order valence-corrected chi connectivity index (χ1v) is 9.23. The first kappa shape index (κ1) is 16.1. The molecule has 0 saturated heterocycles. The van der Waals surface area contributed by atoms with E-state index in [2.05, 4.69) is 36.3 Å². The van der Waals surface area contributed by atoms with Crippen molar-refractivity contribution in [3.8, 4) is 0 Å². The van der Waals surface area contributed by atoms with E-state index in [0.717, 1.165) is 37.8 Å². The van der Waals surface area contributed by atoms with Gasteiger partial charge < -0.3 is 10.4 Å². The summed E-state index contributed by atoms with van der Waals surface area (Å²) in [6.07, 6.45) is 6.66. The molecule has 4 aliphatic carbocycles. The number of aliphatic hydroxyl groups is 1. The van der Waals surface area contributed by atoms with Gasteiger partial charge in [0, 0.05) is 23.6 Å². The number of aromatic amines is 1. The zero-order chi connectivity index (χ0) is 17.2. The molecule has 5 rings (SSSR count). The summed E-state index contributed by atoms with van der Waals surface area (Å²) in [7, 11) is 0. The van der Waals surface area contributed by atoms with Crippen molar-refractivity contribution >= 4 is 11.7 Å². The molecule has 2 atom stereocenters. The van der Waals surface area contributed by atoms with Crippen molar-refractivity contribution in [2.24, 2.45) is 17.3 Å². The Kier molecular flexibility index (Phi) is 3.41. The maximum atomic E-state index is 12.6. The number of anilines is 1. The van der Waals surface area contributed by atoms with Gasteiger partial charge in [0.2, 0.25) is 5.91 Å². The SMILES string of the molecule is CC(C)(C)c1cc(NC(=O)CC23CC4CC(CC(O)(C4)C2)C3)n[nH]1. The third-order valence-corrected chi connectivity index (χ3v) is 6.34. The molecule has 1 aromatic heterocycles. The third-order valence-electron chi connectivity index (χ3n) is 6.34. The maximum Gasteiger partial charge on any atom is 0.226 e. The van der Waals surface area contributed by atoms with Crippen LogP contribution in [0, 0.1) is 17.3 Å². The third kappa shape index (κ3) is 2.87. The van der Waals surface area contributed by atoms with Gasteiger partial charge in [0.1, 0.15) is 0 Å². The lowest BCUT2D eigenvalue weighted by atomic mass is 9.47. The van der Waals surface area contributed by atoms with Crippen molar-refractivity contribution in [1.29, 1.82) is 0 Å². The maximum absolute atomic E-state index is 12.6. The molecular formula is C19H29N3O2. The van der Waals surface area contributed by atoms with Crippen LogP contribution in [0.5, 0.6) is 0 Å². The second-order valence-corrected chi connectivity index (χ2v) is 9.83. The monoisotopic (exact) mass is 331 g/mol. The number of nitrogens with zero attached hydrogens (tertiary/aromatic N) is 1. The summed E-state index contributed by atoms with van der Waals surface area (Å²) >= 11 is 0. The molecule has 0 radical (unpaired) electrons. The van der Waals surface area contributed by atoms with Crippen LogP contribution in [0.15, 0.2) is 6.07 Å². The lowest BCUT2D eigenvalue weighted by molar-refractivity contribution is -0.167. The normalized spacial score (nSPS) is 37.7. The highest BCUT2D eigenvalue weighted by Gasteiger charge is 2.57. The topological polar surface area (TPSA) is 78.0 Å². The Morgan fingerprint density at radius 1 is 1.33 bits per heavy atom. The minimum absolute atomic E-state index is 0.00603. The van der Waals surface area contributed by atoms with Gasteiger partial charge in [-0.1, -0.05) is 20.8 Å². The fourth-order valence-corrected chi connectivity index (χ4v) is 5.91. The van der Waals surface area contributed by atoms with E-state index in [1.165, 1.54) is 6.42 Å². The number of H-pyrrole nitrogens is 1. The van der Waals surface area contributed by atoms with Crippen molar-refractivity contribution in [2.75, 3.05) is 5.32 Å². The van der Waals surface area contributed by atoms with Gasteiger partial charge in [0.25, 0.3) is 0 Å². The van der Waals surface area contributed by atoms with Crippen LogP contribution in [-0.4, -0.2) is 26.8 Å². The van der Waals surface area contributed by atoms with Crippen LogP contribution in [0.4, 0.5) is 5.82 Å². The van der Waals surface area contributed by atoms with Crippen molar-refractivity contribution in [1.82, 2.24) is 10.2 Å². The zero-order valence-corrected chi connectivity index (χ0v) is 15.0. The Bertz CT molecular complexity index is 644. The van der Waals surface area contributed by atoms with E-state index in [9.17, 15) is 9.90 Å². The van der Waals surface area contributed by atoms with Crippen molar-refractivity contribution in [2.45, 2.75) is 76.7 Å². The molecule has 132 valence electrons. The Hall–Kier alpha value is -1.36. The average molecular weight is 331 g/mol. The molecule has 1 heterocycles. The lowest BCUT2D eigenvalue weighted by Crippen LogP contribution is -2.56. The van der Waals surface area contributed by atoms with E-state index in [4.69, 9.17) is 0 Å². The van der Waals surface area contributed by atoms with Crippen LogP contribution in [-0.2, 0) is 10.2 Å². The summed E-state index contributed by atoms with van der Waals surface area (Å²) in [5.41, 5.74) is 0.503. The number of amides is 1. The molecule has 4 saturated carbocycles. The van der Waals surface area contributed by atoms with Crippen LogP contribution in [0.25, 0.3) is 0 Å². The number of hydrogen-bond donors (Lipinski definition) is 3. The second kappa shape index (κ2) is 5.07. The van der Waals surface area contributed by atoms with Crippen LogP contribution in [0.3, 0.4) is 0 Å². The molecular weight excluding hydrogens is 302 g/mol. The second-order valence-electron chi connectivity index (χ2n) is 9.83. The van der Waals surface area contributed by atoms with Gasteiger partial charge in [0.05, 0.1) is 5.60 Å². The van der Waals surface area contributed by atoms with Crippen molar-refractivity contribution in [3.63, 3.8) is 0 Å². The van der Waals surface area contributed by atoms with Crippen LogP contribution >= 0.6 is 0 Å². The van der Waals surface area contributed by atoms with Crippen LogP contribution < -0.4 is 5.32 Å². The standard InChI is InChI=1S/C19H29N3O2/c1-17(2,3)14-5-15(22-21-14)20-16(23)10-18-6-12-4-13(7-18)9-19(24,8-12)11-18/h5,12-13,24H,4,6-11H2,1-3H3,(H2,20,21,22,23). The molecule has 4 bridgehead atoms. The molecule has 24 heavy (non-hydrogen) atoms. The highest BCUT2D eigenvalue weighted by Crippen LogP contribution is 2.62. The Balaban J connectivity index is 1.44. The number of carbonyl (C=O) groups excluding carboxylic acids is 1. The number of nitrogens with one attached hydrogen (secondary N) is 2. The molecule has 0 spiro atoms.